The van der Waals surface area contributed by atoms with Crippen LogP contribution in [0.5, 0.6) is 0 Å². The summed E-state index contributed by atoms with van der Waals surface area (Å²) in [7, 11) is 0. The van der Waals surface area contributed by atoms with Crippen LogP contribution in [0.1, 0.15) is 25.7 Å². The van der Waals surface area contributed by atoms with E-state index in [9.17, 15) is 9.18 Å². The number of hydrogen-bond acceptors (Lipinski definition) is 3. The Morgan fingerprint density at radius 2 is 1.90 bits per heavy atom. The van der Waals surface area contributed by atoms with Crippen LogP contribution in [0.4, 0.5) is 10.1 Å². The van der Waals surface area contributed by atoms with Gasteiger partial charge in [0, 0.05) is 17.0 Å². The Balaban J connectivity index is 1.69. The average molecular weight is 296 g/mol. The topological polar surface area (TPSA) is 41.1 Å². The first-order chi connectivity index (χ1) is 9.67. The Kier molecular flexibility index (Phi) is 5.86. The highest BCUT2D eigenvalue weighted by Crippen LogP contribution is 2.26. The van der Waals surface area contributed by atoms with Gasteiger partial charge in [-0.05, 0) is 56.2 Å². The number of rotatable bonds is 5. The quantitative estimate of drug-likeness (QED) is 0.877. The number of anilines is 1. The Labute approximate surface area is 123 Å². The molecule has 0 aromatic heterocycles. The van der Waals surface area contributed by atoms with Gasteiger partial charge >= 0.3 is 0 Å². The van der Waals surface area contributed by atoms with Crippen molar-refractivity contribution in [2.75, 3.05) is 18.1 Å². The lowest BCUT2D eigenvalue weighted by Crippen LogP contribution is -2.38. The Morgan fingerprint density at radius 1 is 1.25 bits per heavy atom. The van der Waals surface area contributed by atoms with Crippen LogP contribution in [0.25, 0.3) is 0 Å². The van der Waals surface area contributed by atoms with Gasteiger partial charge in [0.2, 0.25) is 5.91 Å². The van der Waals surface area contributed by atoms with E-state index in [0.717, 1.165) is 18.1 Å². The summed E-state index contributed by atoms with van der Waals surface area (Å²) >= 11 is 1.94. The highest BCUT2D eigenvalue weighted by atomic mass is 32.2. The first-order valence-corrected chi connectivity index (χ1v) is 8.28. The van der Waals surface area contributed by atoms with Crippen LogP contribution >= 0.6 is 11.8 Å². The summed E-state index contributed by atoms with van der Waals surface area (Å²) in [6.45, 7) is 0.311. The molecule has 0 spiro atoms. The minimum absolute atomic E-state index is 0.0800. The molecule has 0 bridgehead atoms. The number of amides is 1. The zero-order valence-electron chi connectivity index (χ0n) is 11.7. The zero-order chi connectivity index (χ0) is 14.4. The van der Waals surface area contributed by atoms with Crippen molar-refractivity contribution in [2.24, 2.45) is 0 Å². The smallest absolute Gasteiger partial charge is 0.238 e. The fourth-order valence-corrected chi connectivity index (χ4v) is 3.22. The number of thioether (sulfide) groups is 1. The molecule has 0 heterocycles. The third-order valence-electron chi connectivity index (χ3n) is 3.69. The van der Waals surface area contributed by atoms with Crippen molar-refractivity contribution in [1.82, 2.24) is 5.32 Å². The molecule has 0 atom stereocenters. The van der Waals surface area contributed by atoms with E-state index in [-0.39, 0.29) is 11.7 Å². The van der Waals surface area contributed by atoms with Gasteiger partial charge in [0.15, 0.2) is 0 Å². The predicted molar refractivity (Wildman–Crippen MR) is 82.6 cm³/mol. The van der Waals surface area contributed by atoms with Gasteiger partial charge in [-0.2, -0.15) is 11.8 Å². The molecule has 1 aliphatic rings. The van der Waals surface area contributed by atoms with Gasteiger partial charge in [-0.15, -0.1) is 0 Å². The van der Waals surface area contributed by atoms with Crippen LogP contribution in [-0.2, 0) is 4.79 Å². The fraction of sp³-hybridized carbons (Fsp3) is 0.533. The summed E-state index contributed by atoms with van der Waals surface area (Å²) in [6.07, 6.45) is 6.87. The van der Waals surface area contributed by atoms with Crippen molar-refractivity contribution in [1.29, 1.82) is 0 Å². The molecule has 0 aliphatic heterocycles. The number of benzene rings is 1. The summed E-state index contributed by atoms with van der Waals surface area (Å²) < 4.78 is 12.7. The van der Waals surface area contributed by atoms with E-state index in [0.29, 0.717) is 18.3 Å². The maximum absolute atomic E-state index is 12.7. The average Bonchev–Trinajstić information content (AvgIpc) is 2.48. The van der Waals surface area contributed by atoms with Gasteiger partial charge in [-0.3, -0.25) is 4.79 Å². The lowest BCUT2D eigenvalue weighted by molar-refractivity contribution is -0.115. The second kappa shape index (κ2) is 7.64. The van der Waals surface area contributed by atoms with Crippen molar-refractivity contribution in [3.63, 3.8) is 0 Å². The summed E-state index contributed by atoms with van der Waals surface area (Å²) in [5, 5.41) is 6.84. The van der Waals surface area contributed by atoms with Crippen LogP contribution in [-0.4, -0.2) is 30.0 Å². The van der Waals surface area contributed by atoms with Gasteiger partial charge in [0.1, 0.15) is 5.82 Å². The Morgan fingerprint density at radius 3 is 2.50 bits per heavy atom. The lowest BCUT2D eigenvalue weighted by atomic mass is 9.95. The Hall–Kier alpha value is -1.07. The molecular weight excluding hydrogens is 275 g/mol. The van der Waals surface area contributed by atoms with Crippen LogP contribution < -0.4 is 10.6 Å². The van der Waals surface area contributed by atoms with E-state index in [4.69, 9.17) is 0 Å². The van der Waals surface area contributed by atoms with Crippen molar-refractivity contribution in [3.05, 3.63) is 30.1 Å². The minimum atomic E-state index is -0.299. The SMILES string of the molecule is CSC1CCC(NCC(=O)Nc2ccc(F)cc2)CC1. The molecule has 1 aromatic carbocycles. The molecule has 5 heteroatoms. The molecule has 0 saturated heterocycles. The maximum Gasteiger partial charge on any atom is 0.238 e. The molecule has 2 rings (SSSR count). The fourth-order valence-electron chi connectivity index (χ4n) is 2.48. The van der Waals surface area contributed by atoms with Gasteiger partial charge in [0.05, 0.1) is 6.54 Å². The second-order valence-electron chi connectivity index (χ2n) is 5.15. The highest BCUT2D eigenvalue weighted by molar-refractivity contribution is 7.99. The third kappa shape index (κ3) is 4.80. The van der Waals surface area contributed by atoms with E-state index < -0.39 is 0 Å². The first kappa shape index (κ1) is 15.3. The number of carbonyl (C=O) groups is 1. The van der Waals surface area contributed by atoms with Crippen LogP contribution in [0.15, 0.2) is 24.3 Å². The monoisotopic (exact) mass is 296 g/mol. The summed E-state index contributed by atoms with van der Waals surface area (Å²) in [6, 6.07) is 6.25. The van der Waals surface area contributed by atoms with Gasteiger partial charge in [-0.1, -0.05) is 0 Å². The molecule has 0 unspecified atom stereocenters. The highest BCUT2D eigenvalue weighted by Gasteiger charge is 2.20. The summed E-state index contributed by atoms with van der Waals surface area (Å²) in [5.41, 5.74) is 0.629. The van der Waals surface area contributed by atoms with Gasteiger partial charge < -0.3 is 10.6 Å². The summed E-state index contributed by atoms with van der Waals surface area (Å²) in [5.74, 6) is -0.379. The third-order valence-corrected chi connectivity index (χ3v) is 4.82. The van der Waals surface area contributed by atoms with Crippen molar-refractivity contribution in [3.8, 4) is 0 Å². The van der Waals surface area contributed by atoms with E-state index in [1.165, 1.54) is 25.0 Å². The lowest BCUT2D eigenvalue weighted by Gasteiger charge is -2.27. The van der Waals surface area contributed by atoms with Crippen LogP contribution in [0.2, 0.25) is 0 Å². The van der Waals surface area contributed by atoms with Crippen LogP contribution in [0.3, 0.4) is 0 Å². The number of halogens is 1. The van der Waals surface area contributed by atoms with Gasteiger partial charge in [0.25, 0.3) is 0 Å². The van der Waals surface area contributed by atoms with E-state index in [1.54, 1.807) is 12.1 Å². The standard InChI is InChI=1S/C15H21FN2OS/c1-20-14-8-6-12(7-9-14)17-10-15(19)18-13-4-2-11(16)3-5-13/h2-5,12,14,17H,6-10H2,1H3,(H,18,19). The molecule has 1 fully saturated rings. The minimum Gasteiger partial charge on any atom is -0.325 e. The molecule has 20 heavy (non-hydrogen) atoms. The van der Waals surface area contributed by atoms with Gasteiger partial charge in [-0.25, -0.2) is 4.39 Å². The molecule has 3 nitrogen and oxygen atoms in total. The molecule has 1 saturated carbocycles. The van der Waals surface area contributed by atoms with Crippen molar-refractivity contribution >= 4 is 23.4 Å². The molecular formula is C15H21FN2OS. The Bertz CT molecular complexity index is 430. The van der Waals surface area contributed by atoms with E-state index >= 15 is 0 Å². The van der Waals surface area contributed by atoms with Crippen molar-refractivity contribution in [2.45, 2.75) is 37.0 Å². The molecule has 1 amide bonds. The predicted octanol–water partition coefficient (Wildman–Crippen LogP) is 3.03. The van der Waals surface area contributed by atoms with Crippen molar-refractivity contribution < 1.29 is 9.18 Å². The molecule has 2 N–H and O–H groups in total. The molecule has 110 valence electrons. The first-order valence-electron chi connectivity index (χ1n) is 6.99. The number of hydrogen-bond donors (Lipinski definition) is 2. The maximum atomic E-state index is 12.7. The largest absolute Gasteiger partial charge is 0.325 e. The molecule has 0 radical (unpaired) electrons. The summed E-state index contributed by atoms with van der Waals surface area (Å²) in [4.78, 5) is 11.8. The normalized spacial score (nSPS) is 22.5. The number of nitrogens with one attached hydrogen (secondary N) is 2. The molecule has 1 aromatic rings. The zero-order valence-corrected chi connectivity index (χ0v) is 12.5. The van der Waals surface area contributed by atoms with E-state index in [2.05, 4.69) is 16.9 Å². The van der Waals surface area contributed by atoms with E-state index in [1.807, 2.05) is 11.8 Å². The second-order valence-corrected chi connectivity index (χ2v) is 6.28. The number of carbonyl (C=O) groups excluding carboxylic acids is 1. The molecule has 1 aliphatic carbocycles. The van der Waals surface area contributed by atoms with Crippen LogP contribution in [0, 0.1) is 5.82 Å².